The van der Waals surface area contributed by atoms with Crippen LogP contribution in [0.2, 0.25) is 0 Å². The van der Waals surface area contributed by atoms with Crippen LogP contribution in [-0.2, 0) is 0 Å². The summed E-state index contributed by atoms with van der Waals surface area (Å²) in [5, 5.41) is 3.61. The molecule has 1 aromatic carbocycles. The summed E-state index contributed by atoms with van der Waals surface area (Å²) in [6.07, 6.45) is 4.00. The van der Waals surface area contributed by atoms with E-state index < -0.39 is 0 Å². The van der Waals surface area contributed by atoms with Crippen molar-refractivity contribution in [3.05, 3.63) is 35.9 Å². The highest BCUT2D eigenvalue weighted by molar-refractivity contribution is 5.18. The minimum atomic E-state index is 0.644. The minimum Gasteiger partial charge on any atom is -0.315 e. The SMILES string of the molecule is CC(CCNCC(C)N(C)C1CC1)c1ccccc1. The van der Waals surface area contributed by atoms with Crippen molar-refractivity contribution in [2.24, 2.45) is 0 Å². The second-order valence-electron chi connectivity index (χ2n) is 6.05. The van der Waals surface area contributed by atoms with Crippen molar-refractivity contribution in [1.29, 1.82) is 0 Å². The van der Waals surface area contributed by atoms with Crippen molar-refractivity contribution in [2.75, 3.05) is 20.1 Å². The standard InChI is InChI=1S/C17H28N2/c1-14(16-7-5-4-6-8-16)11-12-18-13-15(2)19(3)17-9-10-17/h4-8,14-15,17-18H,9-13H2,1-3H3. The van der Waals surface area contributed by atoms with E-state index in [0.29, 0.717) is 12.0 Å². The molecule has 0 radical (unpaired) electrons. The molecule has 1 fully saturated rings. The van der Waals surface area contributed by atoms with Crippen LogP contribution in [0.25, 0.3) is 0 Å². The fourth-order valence-electron chi connectivity index (χ4n) is 2.56. The van der Waals surface area contributed by atoms with E-state index in [1.165, 1.54) is 24.8 Å². The summed E-state index contributed by atoms with van der Waals surface area (Å²) in [5.74, 6) is 0.644. The average Bonchev–Trinajstić information content (AvgIpc) is 3.27. The van der Waals surface area contributed by atoms with Gasteiger partial charge in [0.1, 0.15) is 0 Å². The molecule has 1 N–H and O–H groups in total. The van der Waals surface area contributed by atoms with Crippen molar-refractivity contribution in [3.63, 3.8) is 0 Å². The molecule has 0 saturated heterocycles. The number of hydrogen-bond donors (Lipinski definition) is 1. The van der Waals surface area contributed by atoms with Crippen LogP contribution in [-0.4, -0.2) is 37.1 Å². The Balaban J connectivity index is 1.61. The van der Waals surface area contributed by atoms with Gasteiger partial charge >= 0.3 is 0 Å². The number of hydrogen-bond acceptors (Lipinski definition) is 2. The van der Waals surface area contributed by atoms with E-state index in [-0.39, 0.29) is 0 Å². The van der Waals surface area contributed by atoms with Gasteiger partial charge in [0.15, 0.2) is 0 Å². The summed E-state index contributed by atoms with van der Waals surface area (Å²) in [5.41, 5.74) is 1.45. The molecule has 19 heavy (non-hydrogen) atoms. The van der Waals surface area contributed by atoms with Gasteiger partial charge < -0.3 is 5.32 Å². The summed E-state index contributed by atoms with van der Waals surface area (Å²) in [6.45, 7) is 6.86. The molecule has 2 unspecified atom stereocenters. The number of nitrogens with zero attached hydrogens (tertiary/aromatic N) is 1. The highest BCUT2D eigenvalue weighted by Gasteiger charge is 2.28. The van der Waals surface area contributed by atoms with Gasteiger partial charge in [-0.2, -0.15) is 0 Å². The fraction of sp³-hybridized carbons (Fsp3) is 0.647. The van der Waals surface area contributed by atoms with Gasteiger partial charge in [-0.3, -0.25) is 4.90 Å². The van der Waals surface area contributed by atoms with Gasteiger partial charge in [0.25, 0.3) is 0 Å². The first-order chi connectivity index (χ1) is 9.18. The summed E-state index contributed by atoms with van der Waals surface area (Å²) in [4.78, 5) is 2.52. The topological polar surface area (TPSA) is 15.3 Å². The summed E-state index contributed by atoms with van der Waals surface area (Å²) in [7, 11) is 2.26. The Kier molecular flexibility index (Phi) is 5.41. The first-order valence-electron chi connectivity index (χ1n) is 7.66. The van der Waals surface area contributed by atoms with E-state index in [4.69, 9.17) is 0 Å². The highest BCUT2D eigenvalue weighted by atomic mass is 15.2. The van der Waals surface area contributed by atoms with Gasteiger partial charge in [-0.25, -0.2) is 0 Å². The molecule has 2 nitrogen and oxygen atoms in total. The third-order valence-corrected chi connectivity index (χ3v) is 4.38. The molecule has 0 aromatic heterocycles. The van der Waals surface area contributed by atoms with Crippen molar-refractivity contribution in [3.8, 4) is 0 Å². The van der Waals surface area contributed by atoms with Crippen LogP contribution in [0.15, 0.2) is 30.3 Å². The van der Waals surface area contributed by atoms with Crippen LogP contribution in [0, 0.1) is 0 Å². The minimum absolute atomic E-state index is 0.644. The van der Waals surface area contributed by atoms with Crippen LogP contribution in [0.1, 0.15) is 44.6 Å². The predicted octanol–water partition coefficient (Wildman–Crippen LogP) is 3.25. The lowest BCUT2D eigenvalue weighted by Gasteiger charge is -2.25. The van der Waals surface area contributed by atoms with E-state index in [0.717, 1.165) is 19.1 Å². The average molecular weight is 260 g/mol. The second-order valence-corrected chi connectivity index (χ2v) is 6.05. The Morgan fingerprint density at radius 2 is 1.89 bits per heavy atom. The zero-order valence-electron chi connectivity index (χ0n) is 12.6. The van der Waals surface area contributed by atoms with Crippen LogP contribution >= 0.6 is 0 Å². The Morgan fingerprint density at radius 1 is 1.21 bits per heavy atom. The maximum atomic E-state index is 3.61. The highest BCUT2D eigenvalue weighted by Crippen LogP contribution is 2.26. The summed E-state index contributed by atoms with van der Waals surface area (Å²) >= 11 is 0. The Labute approximate surface area is 118 Å². The van der Waals surface area contributed by atoms with Gasteiger partial charge in [0, 0.05) is 18.6 Å². The maximum absolute atomic E-state index is 3.61. The van der Waals surface area contributed by atoms with Crippen molar-refractivity contribution >= 4 is 0 Å². The molecule has 1 aliphatic carbocycles. The molecule has 1 aromatic rings. The van der Waals surface area contributed by atoms with Crippen LogP contribution in [0.3, 0.4) is 0 Å². The molecule has 1 saturated carbocycles. The van der Waals surface area contributed by atoms with Gasteiger partial charge in [-0.15, -0.1) is 0 Å². The molecule has 2 heteroatoms. The van der Waals surface area contributed by atoms with Gasteiger partial charge in [-0.05, 0) is 51.3 Å². The molecule has 2 rings (SSSR count). The fourth-order valence-corrected chi connectivity index (χ4v) is 2.56. The second kappa shape index (κ2) is 7.06. The smallest absolute Gasteiger partial charge is 0.0192 e. The summed E-state index contributed by atoms with van der Waals surface area (Å²) in [6, 6.07) is 12.3. The first-order valence-corrected chi connectivity index (χ1v) is 7.66. The normalized spacial score (nSPS) is 18.5. The van der Waals surface area contributed by atoms with E-state index >= 15 is 0 Å². The first kappa shape index (κ1) is 14.5. The molecule has 1 aliphatic rings. The number of rotatable bonds is 8. The predicted molar refractivity (Wildman–Crippen MR) is 82.6 cm³/mol. The van der Waals surface area contributed by atoms with Gasteiger partial charge in [0.2, 0.25) is 0 Å². The molecule has 0 heterocycles. The van der Waals surface area contributed by atoms with Crippen molar-refractivity contribution in [2.45, 2.75) is 51.1 Å². The zero-order valence-corrected chi connectivity index (χ0v) is 12.6. The number of likely N-dealkylation sites (N-methyl/N-ethyl adjacent to an activating group) is 1. The monoisotopic (exact) mass is 260 g/mol. The number of benzene rings is 1. The molecule has 0 spiro atoms. The van der Waals surface area contributed by atoms with E-state index in [2.05, 4.69) is 61.4 Å². The van der Waals surface area contributed by atoms with Gasteiger partial charge in [-0.1, -0.05) is 37.3 Å². The maximum Gasteiger partial charge on any atom is 0.0192 e. The van der Waals surface area contributed by atoms with Crippen LogP contribution in [0.4, 0.5) is 0 Å². The van der Waals surface area contributed by atoms with E-state index in [1.54, 1.807) is 0 Å². The Bertz CT molecular complexity index is 359. The quantitative estimate of drug-likeness (QED) is 0.722. The van der Waals surface area contributed by atoms with Crippen LogP contribution < -0.4 is 5.32 Å². The lowest BCUT2D eigenvalue weighted by molar-refractivity contribution is 0.241. The van der Waals surface area contributed by atoms with Crippen molar-refractivity contribution < 1.29 is 0 Å². The molecule has 0 bridgehead atoms. The third kappa shape index (κ3) is 4.63. The summed E-state index contributed by atoms with van der Waals surface area (Å²) < 4.78 is 0. The Hall–Kier alpha value is -0.860. The lowest BCUT2D eigenvalue weighted by atomic mass is 9.98. The van der Waals surface area contributed by atoms with Crippen LogP contribution in [0.5, 0.6) is 0 Å². The number of nitrogens with one attached hydrogen (secondary N) is 1. The lowest BCUT2D eigenvalue weighted by Crippen LogP contribution is -2.39. The molecule has 106 valence electrons. The molecular weight excluding hydrogens is 232 g/mol. The zero-order chi connectivity index (χ0) is 13.7. The Morgan fingerprint density at radius 3 is 2.53 bits per heavy atom. The third-order valence-electron chi connectivity index (χ3n) is 4.38. The van der Waals surface area contributed by atoms with E-state index in [9.17, 15) is 0 Å². The molecule has 0 amide bonds. The van der Waals surface area contributed by atoms with Crippen molar-refractivity contribution in [1.82, 2.24) is 10.2 Å². The molecular formula is C17H28N2. The molecule has 0 aliphatic heterocycles. The largest absolute Gasteiger partial charge is 0.315 e. The molecule has 2 atom stereocenters. The van der Waals surface area contributed by atoms with E-state index in [1.807, 2.05) is 0 Å². The van der Waals surface area contributed by atoms with Gasteiger partial charge in [0.05, 0.1) is 0 Å².